The largest absolute Gasteiger partial charge is 0.463 e. The summed E-state index contributed by atoms with van der Waals surface area (Å²) in [6.07, 6.45) is 5.75. The Balaban J connectivity index is 1.73. The van der Waals surface area contributed by atoms with Gasteiger partial charge in [-0.05, 0) is 11.4 Å². The van der Waals surface area contributed by atoms with Gasteiger partial charge in [-0.3, -0.25) is 9.99 Å². The quantitative estimate of drug-likeness (QED) is 0.517. The van der Waals surface area contributed by atoms with Crippen LogP contribution >= 0.6 is 11.3 Å². The van der Waals surface area contributed by atoms with Gasteiger partial charge in [-0.15, -0.1) is 11.3 Å². The molecule has 0 aromatic carbocycles. The third-order valence-electron chi connectivity index (χ3n) is 2.63. The van der Waals surface area contributed by atoms with E-state index >= 15 is 0 Å². The summed E-state index contributed by atoms with van der Waals surface area (Å²) in [4.78, 5) is 17.6. The lowest BCUT2D eigenvalue weighted by atomic mass is 10.4. The average molecular weight is 303 g/mol. The first-order valence-electron chi connectivity index (χ1n) is 6.21. The maximum absolute atomic E-state index is 5.58. The van der Waals surface area contributed by atoms with Crippen molar-refractivity contribution >= 4 is 17.3 Å². The summed E-state index contributed by atoms with van der Waals surface area (Å²) in [7, 11) is 0. The Morgan fingerprint density at radius 2 is 2.29 bits per heavy atom. The number of nitrogens with two attached hydrogens (primary N) is 1. The van der Waals surface area contributed by atoms with Gasteiger partial charge in [-0.25, -0.2) is 10.8 Å². The van der Waals surface area contributed by atoms with Gasteiger partial charge in [0.05, 0.1) is 6.61 Å². The number of nitrogens with one attached hydrogen (secondary N) is 1. The molecule has 0 fully saturated rings. The minimum Gasteiger partial charge on any atom is -0.463 e. The Morgan fingerprint density at radius 3 is 3.00 bits per heavy atom. The topological polar surface area (TPSA) is 104 Å². The Morgan fingerprint density at radius 1 is 1.33 bits per heavy atom. The van der Waals surface area contributed by atoms with Crippen molar-refractivity contribution in [2.45, 2.75) is 6.42 Å². The monoisotopic (exact) mass is 303 g/mol. The van der Waals surface area contributed by atoms with Crippen LogP contribution in [0.5, 0.6) is 6.01 Å². The van der Waals surface area contributed by atoms with Crippen molar-refractivity contribution in [3.05, 3.63) is 41.1 Å². The number of hydrogen-bond donors (Lipinski definition) is 2. The predicted octanol–water partition coefficient (Wildman–Crippen LogP) is 1.03. The first kappa shape index (κ1) is 13.5. The number of hydrazine groups is 1. The first-order valence-corrected chi connectivity index (χ1v) is 7.09. The van der Waals surface area contributed by atoms with Gasteiger partial charge >= 0.3 is 6.01 Å². The second-order valence-corrected chi connectivity index (χ2v) is 5.07. The van der Waals surface area contributed by atoms with Gasteiger partial charge in [0, 0.05) is 23.7 Å². The van der Waals surface area contributed by atoms with Gasteiger partial charge in [0.15, 0.2) is 0 Å². The lowest BCUT2D eigenvalue weighted by Crippen LogP contribution is -2.15. The van der Waals surface area contributed by atoms with Crippen LogP contribution in [-0.4, -0.2) is 31.1 Å². The second kappa shape index (κ2) is 6.29. The number of nitrogen functional groups attached to an aromatic ring is 1. The number of ether oxygens (including phenoxy) is 1. The van der Waals surface area contributed by atoms with Crippen LogP contribution in [0.4, 0.5) is 5.95 Å². The molecule has 8 nitrogen and oxygen atoms in total. The van der Waals surface area contributed by atoms with Gasteiger partial charge in [0.1, 0.15) is 6.33 Å². The highest BCUT2D eigenvalue weighted by Crippen LogP contribution is 2.12. The molecule has 3 heterocycles. The highest BCUT2D eigenvalue weighted by atomic mass is 32.1. The van der Waals surface area contributed by atoms with E-state index < -0.39 is 0 Å². The molecule has 0 radical (unpaired) electrons. The van der Waals surface area contributed by atoms with Gasteiger partial charge in [0.25, 0.3) is 0 Å². The molecule has 0 saturated heterocycles. The number of rotatable bonds is 6. The van der Waals surface area contributed by atoms with Crippen molar-refractivity contribution in [2.75, 3.05) is 12.0 Å². The predicted molar refractivity (Wildman–Crippen MR) is 78.3 cm³/mol. The molecule has 0 unspecified atom stereocenters. The normalized spacial score (nSPS) is 10.5. The minimum atomic E-state index is 0.221. The minimum absolute atomic E-state index is 0.221. The molecule has 21 heavy (non-hydrogen) atoms. The molecule has 0 atom stereocenters. The molecular formula is C12H13N7OS. The van der Waals surface area contributed by atoms with Gasteiger partial charge in [-0.2, -0.15) is 15.0 Å². The van der Waals surface area contributed by atoms with Crippen LogP contribution in [0, 0.1) is 0 Å². The maximum atomic E-state index is 5.58. The zero-order chi connectivity index (χ0) is 14.5. The molecule has 3 N–H and O–H groups in total. The molecule has 0 spiro atoms. The van der Waals surface area contributed by atoms with Crippen LogP contribution in [0.15, 0.2) is 36.2 Å². The molecule has 0 amide bonds. The Hall–Kier alpha value is -2.52. The molecule has 0 bridgehead atoms. The summed E-state index contributed by atoms with van der Waals surface area (Å²) in [5.41, 5.74) is 2.40. The van der Waals surface area contributed by atoms with E-state index in [1.807, 2.05) is 11.4 Å². The van der Waals surface area contributed by atoms with Gasteiger partial charge < -0.3 is 4.74 Å². The summed E-state index contributed by atoms with van der Waals surface area (Å²) < 4.78 is 7.22. The zero-order valence-corrected chi connectivity index (χ0v) is 11.8. The summed E-state index contributed by atoms with van der Waals surface area (Å²) in [6, 6.07) is 4.29. The fourth-order valence-corrected chi connectivity index (χ4v) is 2.36. The van der Waals surface area contributed by atoms with Crippen molar-refractivity contribution in [3.8, 4) is 12.0 Å². The molecule has 0 saturated carbocycles. The van der Waals surface area contributed by atoms with E-state index in [1.54, 1.807) is 34.6 Å². The third-order valence-corrected chi connectivity index (χ3v) is 3.56. The standard InChI is InChI=1S/C12H13N7OS/c13-18-10-15-11(19-5-4-14-8-19)17-12(16-10)20-6-3-9-2-1-7-21-9/h1-2,4-5,7-8H,3,6,13H2,(H,15,16,17,18). The lowest BCUT2D eigenvalue weighted by molar-refractivity contribution is 0.296. The lowest BCUT2D eigenvalue weighted by Gasteiger charge is -2.07. The van der Waals surface area contributed by atoms with Crippen LogP contribution in [0.25, 0.3) is 5.95 Å². The Bertz CT molecular complexity index is 684. The molecule has 0 aliphatic rings. The van der Waals surface area contributed by atoms with Crippen LogP contribution < -0.4 is 16.0 Å². The first-order chi connectivity index (χ1) is 10.3. The van der Waals surface area contributed by atoms with Crippen LogP contribution in [0.1, 0.15) is 4.88 Å². The maximum Gasteiger partial charge on any atom is 0.323 e. The number of anilines is 1. The van der Waals surface area contributed by atoms with Crippen LogP contribution in [0.2, 0.25) is 0 Å². The average Bonchev–Trinajstić information content (AvgIpc) is 3.20. The van der Waals surface area contributed by atoms with E-state index in [1.165, 1.54) is 4.88 Å². The second-order valence-electron chi connectivity index (χ2n) is 4.03. The van der Waals surface area contributed by atoms with Crippen LogP contribution in [0.3, 0.4) is 0 Å². The number of nitrogens with zero attached hydrogens (tertiary/aromatic N) is 5. The molecule has 3 aromatic heterocycles. The molecule has 3 rings (SSSR count). The van der Waals surface area contributed by atoms with E-state index in [0.29, 0.717) is 12.6 Å². The smallest absolute Gasteiger partial charge is 0.323 e. The Kier molecular flexibility index (Phi) is 4.03. The van der Waals surface area contributed by atoms with E-state index in [-0.39, 0.29) is 12.0 Å². The molecule has 0 aliphatic carbocycles. The fraction of sp³-hybridized carbons (Fsp3) is 0.167. The van der Waals surface area contributed by atoms with Gasteiger partial charge in [0.2, 0.25) is 11.9 Å². The Labute approximate surface area is 124 Å². The molecule has 9 heteroatoms. The van der Waals surface area contributed by atoms with Crippen molar-refractivity contribution in [2.24, 2.45) is 5.84 Å². The number of aromatic nitrogens is 5. The number of imidazole rings is 1. The molecule has 108 valence electrons. The van der Waals surface area contributed by atoms with Crippen molar-refractivity contribution in [1.82, 2.24) is 24.5 Å². The summed E-state index contributed by atoms with van der Waals surface area (Å²) in [5.74, 6) is 5.99. The number of hydrogen-bond acceptors (Lipinski definition) is 8. The number of thiophene rings is 1. The van der Waals surface area contributed by atoms with Crippen LogP contribution in [-0.2, 0) is 6.42 Å². The van der Waals surface area contributed by atoms with E-state index in [0.717, 1.165) is 6.42 Å². The SMILES string of the molecule is NNc1nc(OCCc2cccs2)nc(-n2ccnc2)n1. The molecule has 0 aliphatic heterocycles. The van der Waals surface area contributed by atoms with E-state index in [2.05, 4.69) is 31.4 Å². The van der Waals surface area contributed by atoms with Gasteiger partial charge in [-0.1, -0.05) is 6.07 Å². The van der Waals surface area contributed by atoms with Crippen molar-refractivity contribution in [1.29, 1.82) is 0 Å². The highest BCUT2D eigenvalue weighted by molar-refractivity contribution is 7.09. The summed E-state index contributed by atoms with van der Waals surface area (Å²) in [5, 5.41) is 2.03. The molecular weight excluding hydrogens is 290 g/mol. The third kappa shape index (κ3) is 3.33. The zero-order valence-electron chi connectivity index (χ0n) is 11.0. The molecule has 3 aromatic rings. The summed E-state index contributed by atoms with van der Waals surface area (Å²) in [6.45, 7) is 0.484. The summed E-state index contributed by atoms with van der Waals surface area (Å²) >= 11 is 1.69. The van der Waals surface area contributed by atoms with Crippen molar-refractivity contribution in [3.63, 3.8) is 0 Å². The van der Waals surface area contributed by atoms with E-state index in [4.69, 9.17) is 10.6 Å². The fourth-order valence-electron chi connectivity index (χ4n) is 1.67. The van der Waals surface area contributed by atoms with Crippen molar-refractivity contribution < 1.29 is 4.74 Å². The highest BCUT2D eigenvalue weighted by Gasteiger charge is 2.08. The van der Waals surface area contributed by atoms with E-state index in [9.17, 15) is 0 Å².